The van der Waals surface area contributed by atoms with Crippen molar-refractivity contribution in [2.75, 3.05) is 7.11 Å². The van der Waals surface area contributed by atoms with Gasteiger partial charge in [0.15, 0.2) is 11.5 Å². The van der Waals surface area contributed by atoms with Gasteiger partial charge in [-0.2, -0.15) is 5.10 Å². The molecule has 0 saturated heterocycles. The van der Waals surface area contributed by atoms with Crippen molar-refractivity contribution in [1.29, 1.82) is 0 Å². The van der Waals surface area contributed by atoms with Crippen molar-refractivity contribution < 1.29 is 9.53 Å². The number of hydrogen-bond acceptors (Lipinski definition) is 4. The zero-order valence-corrected chi connectivity index (χ0v) is 10.2. The van der Waals surface area contributed by atoms with Gasteiger partial charge in [-0.15, -0.1) is 0 Å². The van der Waals surface area contributed by atoms with E-state index in [2.05, 4.69) is 10.1 Å². The summed E-state index contributed by atoms with van der Waals surface area (Å²) in [5, 5.41) is 4.32. The third kappa shape index (κ3) is 2.13. The minimum Gasteiger partial charge on any atom is -0.468 e. The monoisotopic (exact) mass is 233 g/mol. The van der Waals surface area contributed by atoms with E-state index in [0.29, 0.717) is 12.2 Å². The van der Waals surface area contributed by atoms with Crippen molar-refractivity contribution in [3.05, 3.63) is 29.7 Å². The Kier molecular flexibility index (Phi) is 3.08. The van der Waals surface area contributed by atoms with Crippen LogP contribution in [-0.4, -0.2) is 27.7 Å². The molecule has 2 aromatic heterocycles. The van der Waals surface area contributed by atoms with E-state index in [1.54, 1.807) is 4.52 Å². The number of esters is 1. The third-order valence-electron chi connectivity index (χ3n) is 2.70. The quantitative estimate of drug-likeness (QED) is 0.757. The first-order valence-corrected chi connectivity index (χ1v) is 5.56. The Bertz CT molecular complexity index is 548. The van der Waals surface area contributed by atoms with Crippen LogP contribution in [0.4, 0.5) is 0 Å². The summed E-state index contributed by atoms with van der Waals surface area (Å²) in [6.07, 6.45) is 2.51. The molecule has 0 N–H and O–H groups in total. The molecule has 2 heterocycles. The number of pyridine rings is 1. The van der Waals surface area contributed by atoms with Crippen molar-refractivity contribution in [3.63, 3.8) is 0 Å². The predicted octanol–water partition coefficient (Wildman–Crippen LogP) is 1.70. The van der Waals surface area contributed by atoms with Gasteiger partial charge in [0.2, 0.25) is 0 Å². The lowest BCUT2D eigenvalue weighted by molar-refractivity contribution is -0.142. The van der Waals surface area contributed by atoms with E-state index in [4.69, 9.17) is 4.74 Å². The van der Waals surface area contributed by atoms with Gasteiger partial charge >= 0.3 is 5.97 Å². The molecule has 17 heavy (non-hydrogen) atoms. The van der Waals surface area contributed by atoms with Crippen LogP contribution < -0.4 is 0 Å². The van der Waals surface area contributed by atoms with E-state index in [-0.39, 0.29) is 11.9 Å². The van der Waals surface area contributed by atoms with Crippen LogP contribution in [0, 0.1) is 6.92 Å². The third-order valence-corrected chi connectivity index (χ3v) is 2.70. The van der Waals surface area contributed by atoms with E-state index in [9.17, 15) is 4.79 Å². The molecule has 5 nitrogen and oxygen atoms in total. The fourth-order valence-corrected chi connectivity index (χ4v) is 1.75. The van der Waals surface area contributed by atoms with Gasteiger partial charge in [-0.3, -0.25) is 4.79 Å². The van der Waals surface area contributed by atoms with Crippen LogP contribution in [-0.2, 0) is 9.53 Å². The predicted molar refractivity (Wildman–Crippen MR) is 62.8 cm³/mol. The summed E-state index contributed by atoms with van der Waals surface area (Å²) in [7, 11) is 1.38. The highest BCUT2D eigenvalue weighted by Gasteiger charge is 2.23. The van der Waals surface area contributed by atoms with Crippen LogP contribution in [0.2, 0.25) is 0 Å². The van der Waals surface area contributed by atoms with Gasteiger partial charge in [0.25, 0.3) is 0 Å². The Labute approximate surface area is 99.4 Å². The van der Waals surface area contributed by atoms with Crippen molar-refractivity contribution in [2.24, 2.45) is 0 Å². The van der Waals surface area contributed by atoms with Crippen LogP contribution in [0.1, 0.15) is 30.7 Å². The molecule has 0 bridgehead atoms. The molecule has 0 fully saturated rings. The van der Waals surface area contributed by atoms with Gasteiger partial charge in [-0.25, -0.2) is 9.50 Å². The van der Waals surface area contributed by atoms with Gasteiger partial charge in [0.1, 0.15) is 5.92 Å². The number of hydrogen-bond donors (Lipinski definition) is 0. The zero-order valence-electron chi connectivity index (χ0n) is 10.2. The standard InChI is InChI=1S/C12H15N3O2/c1-4-9(12(16)17-3)11-13-10-6-5-8(2)7-15(10)14-11/h5-7,9H,4H2,1-3H3. The van der Waals surface area contributed by atoms with Gasteiger partial charge < -0.3 is 4.74 Å². The van der Waals surface area contributed by atoms with Crippen molar-refractivity contribution in [2.45, 2.75) is 26.2 Å². The van der Waals surface area contributed by atoms with Crippen molar-refractivity contribution in [3.8, 4) is 0 Å². The van der Waals surface area contributed by atoms with Crippen LogP contribution in [0.15, 0.2) is 18.3 Å². The summed E-state index contributed by atoms with van der Waals surface area (Å²) in [4.78, 5) is 15.9. The Hall–Kier alpha value is -1.91. The maximum atomic E-state index is 11.6. The van der Waals surface area contributed by atoms with E-state index >= 15 is 0 Å². The summed E-state index contributed by atoms with van der Waals surface area (Å²) in [5.74, 6) is -0.162. The second kappa shape index (κ2) is 4.53. The second-order valence-electron chi connectivity index (χ2n) is 3.96. The van der Waals surface area contributed by atoms with Crippen LogP contribution in [0.5, 0.6) is 0 Å². The highest BCUT2D eigenvalue weighted by molar-refractivity contribution is 5.77. The molecule has 2 aromatic rings. The number of fused-ring (bicyclic) bond motifs is 1. The number of carbonyl (C=O) groups excluding carboxylic acids is 1. The largest absolute Gasteiger partial charge is 0.468 e. The normalized spacial score (nSPS) is 12.6. The second-order valence-corrected chi connectivity index (χ2v) is 3.96. The molecule has 90 valence electrons. The Balaban J connectivity index is 2.44. The number of carbonyl (C=O) groups is 1. The molecule has 0 aromatic carbocycles. The molecule has 0 aliphatic heterocycles. The molecule has 0 aliphatic rings. The molecule has 1 unspecified atom stereocenters. The number of rotatable bonds is 3. The Morgan fingerprint density at radius 2 is 2.29 bits per heavy atom. The first-order chi connectivity index (χ1) is 8.15. The number of methoxy groups -OCH3 is 1. The fourth-order valence-electron chi connectivity index (χ4n) is 1.75. The molecular formula is C12H15N3O2. The average molecular weight is 233 g/mol. The first kappa shape index (κ1) is 11.6. The number of aromatic nitrogens is 3. The molecule has 1 atom stereocenters. The fraction of sp³-hybridized carbons (Fsp3) is 0.417. The molecule has 0 saturated carbocycles. The molecule has 0 amide bonds. The number of nitrogens with zero attached hydrogens (tertiary/aromatic N) is 3. The van der Waals surface area contributed by atoms with Crippen molar-refractivity contribution in [1.82, 2.24) is 14.6 Å². The summed E-state index contributed by atoms with van der Waals surface area (Å²) >= 11 is 0. The van der Waals surface area contributed by atoms with E-state index < -0.39 is 0 Å². The molecular weight excluding hydrogens is 218 g/mol. The number of ether oxygens (including phenoxy) is 1. The molecule has 0 spiro atoms. The number of aryl methyl sites for hydroxylation is 1. The Morgan fingerprint density at radius 3 is 2.94 bits per heavy atom. The van der Waals surface area contributed by atoms with E-state index in [0.717, 1.165) is 11.2 Å². The Morgan fingerprint density at radius 1 is 1.53 bits per heavy atom. The summed E-state index contributed by atoms with van der Waals surface area (Å²) in [6, 6.07) is 3.85. The maximum Gasteiger partial charge on any atom is 0.316 e. The lowest BCUT2D eigenvalue weighted by atomic mass is 10.1. The summed E-state index contributed by atoms with van der Waals surface area (Å²) in [5.41, 5.74) is 1.84. The summed E-state index contributed by atoms with van der Waals surface area (Å²) in [6.45, 7) is 3.90. The van der Waals surface area contributed by atoms with E-state index in [1.807, 2.05) is 32.2 Å². The topological polar surface area (TPSA) is 56.5 Å². The van der Waals surface area contributed by atoms with Gasteiger partial charge in [0, 0.05) is 6.20 Å². The summed E-state index contributed by atoms with van der Waals surface area (Å²) < 4.78 is 6.44. The highest BCUT2D eigenvalue weighted by atomic mass is 16.5. The van der Waals surface area contributed by atoms with Gasteiger partial charge in [-0.1, -0.05) is 13.0 Å². The SMILES string of the molecule is CCC(C(=O)OC)c1nc2ccc(C)cn2n1. The van der Waals surface area contributed by atoms with Crippen LogP contribution in [0.3, 0.4) is 0 Å². The van der Waals surface area contributed by atoms with Gasteiger partial charge in [0.05, 0.1) is 7.11 Å². The van der Waals surface area contributed by atoms with Crippen molar-refractivity contribution >= 4 is 11.6 Å². The lowest BCUT2D eigenvalue weighted by Crippen LogP contribution is -2.15. The minimum absolute atomic E-state index is 0.292. The highest BCUT2D eigenvalue weighted by Crippen LogP contribution is 2.18. The molecule has 2 rings (SSSR count). The zero-order chi connectivity index (χ0) is 12.4. The molecule has 5 heteroatoms. The average Bonchev–Trinajstić information content (AvgIpc) is 2.72. The maximum absolute atomic E-state index is 11.6. The minimum atomic E-state index is -0.389. The first-order valence-electron chi connectivity index (χ1n) is 5.56. The van der Waals surface area contributed by atoms with E-state index in [1.165, 1.54) is 7.11 Å². The van der Waals surface area contributed by atoms with Gasteiger partial charge in [-0.05, 0) is 25.0 Å². The van der Waals surface area contributed by atoms with Crippen LogP contribution in [0.25, 0.3) is 5.65 Å². The molecule has 0 aliphatic carbocycles. The molecule has 0 radical (unpaired) electrons. The van der Waals surface area contributed by atoms with Crippen LogP contribution >= 0.6 is 0 Å². The smallest absolute Gasteiger partial charge is 0.316 e. The lowest BCUT2D eigenvalue weighted by Gasteiger charge is -2.06.